The summed E-state index contributed by atoms with van der Waals surface area (Å²) in [5.41, 5.74) is 1.83. The normalized spacial score (nSPS) is 38.1. The number of hydrogen-bond donors (Lipinski definition) is 4. The van der Waals surface area contributed by atoms with Crippen molar-refractivity contribution in [3.63, 3.8) is 0 Å². The molecule has 3 aliphatic carbocycles. The predicted molar refractivity (Wildman–Crippen MR) is 113 cm³/mol. The van der Waals surface area contributed by atoms with Crippen LogP contribution < -0.4 is 5.73 Å². The highest BCUT2D eigenvalue weighted by atomic mass is 35.5. The molecule has 0 bridgehead atoms. The van der Waals surface area contributed by atoms with Gasteiger partial charge >= 0.3 is 0 Å². The number of alkyl halides is 1. The van der Waals surface area contributed by atoms with Gasteiger partial charge in [0.1, 0.15) is 5.75 Å². The molecule has 2 fully saturated rings. The Labute approximate surface area is 192 Å². The third kappa shape index (κ3) is 2.57. The number of aliphatic hydroxyl groups is 2. The molecule has 0 aromatic heterocycles. The van der Waals surface area contributed by atoms with Crippen LogP contribution in [0.1, 0.15) is 15.9 Å². The highest BCUT2D eigenvalue weighted by Gasteiger charge is 2.77. The van der Waals surface area contributed by atoms with Gasteiger partial charge in [-0.3, -0.25) is 28.9 Å². The lowest BCUT2D eigenvalue weighted by atomic mass is 9.50. The number of phenols is 1. The number of primary amides is 1. The Hall–Kier alpha value is -2.92. The van der Waals surface area contributed by atoms with Gasteiger partial charge in [0, 0.05) is 5.92 Å². The van der Waals surface area contributed by atoms with E-state index in [-0.39, 0.29) is 16.7 Å². The van der Waals surface area contributed by atoms with Crippen molar-refractivity contribution in [1.29, 1.82) is 0 Å². The van der Waals surface area contributed by atoms with E-state index in [0.29, 0.717) is 0 Å². The summed E-state index contributed by atoms with van der Waals surface area (Å²) in [6.07, 6.45) is -1.88. The van der Waals surface area contributed by atoms with Crippen molar-refractivity contribution < 1.29 is 39.3 Å². The number of aromatic hydroxyl groups is 1. The number of phenolic OH excluding ortho intramolecular Hbond substituents is 1. The number of fused-ring (bicyclic) bond motifs is 3. The largest absolute Gasteiger partial charge is 0.507 e. The van der Waals surface area contributed by atoms with E-state index < -0.39 is 75.2 Å². The third-order valence-corrected chi connectivity index (χ3v) is 7.59. The Morgan fingerprint density at radius 3 is 2.36 bits per heavy atom. The van der Waals surface area contributed by atoms with E-state index in [1.807, 2.05) is 0 Å². The quantitative estimate of drug-likeness (QED) is 0.297. The van der Waals surface area contributed by atoms with Gasteiger partial charge in [0.15, 0.2) is 33.7 Å². The van der Waals surface area contributed by atoms with Crippen LogP contribution in [0.3, 0.4) is 0 Å². The molecule has 1 amide bonds. The van der Waals surface area contributed by atoms with E-state index in [2.05, 4.69) is 6.58 Å². The van der Waals surface area contributed by atoms with Gasteiger partial charge in [0.05, 0.1) is 23.6 Å². The number of carbonyl (C=O) groups is 5. The minimum atomic E-state index is -3.18. The van der Waals surface area contributed by atoms with Crippen LogP contribution in [0.5, 0.6) is 5.75 Å². The summed E-state index contributed by atoms with van der Waals surface area (Å²) in [7, 11) is 2.79. The second kappa shape index (κ2) is 7.04. The van der Waals surface area contributed by atoms with Gasteiger partial charge in [-0.1, -0.05) is 18.7 Å². The molecule has 10 nitrogen and oxygen atoms in total. The lowest BCUT2D eigenvalue weighted by molar-refractivity contribution is -0.191. The zero-order chi connectivity index (χ0) is 24.8. The van der Waals surface area contributed by atoms with Crippen LogP contribution in [0.4, 0.5) is 0 Å². The van der Waals surface area contributed by atoms with Crippen molar-refractivity contribution in [1.82, 2.24) is 4.90 Å². The first kappa shape index (κ1) is 23.2. The minimum Gasteiger partial charge on any atom is -0.507 e. The van der Waals surface area contributed by atoms with Crippen LogP contribution in [-0.4, -0.2) is 86.0 Å². The van der Waals surface area contributed by atoms with E-state index in [1.54, 1.807) is 0 Å². The number of rotatable bonds is 2. The van der Waals surface area contributed by atoms with E-state index in [4.69, 9.17) is 17.3 Å². The topological polar surface area (TPSA) is 175 Å². The van der Waals surface area contributed by atoms with Crippen molar-refractivity contribution in [2.24, 2.45) is 23.5 Å². The third-order valence-electron chi connectivity index (χ3n) is 7.01. The fourth-order valence-electron chi connectivity index (χ4n) is 5.58. The van der Waals surface area contributed by atoms with Gasteiger partial charge in [0.25, 0.3) is 0 Å². The van der Waals surface area contributed by atoms with Gasteiger partial charge in [-0.15, -0.1) is 11.6 Å². The maximum absolute atomic E-state index is 13.8. The number of nitrogens with zero attached hydrogens (tertiary/aromatic N) is 1. The Morgan fingerprint density at radius 1 is 1.21 bits per heavy atom. The van der Waals surface area contributed by atoms with Crippen molar-refractivity contribution in [2.45, 2.75) is 22.6 Å². The lowest BCUT2D eigenvalue weighted by Crippen LogP contribution is -2.80. The molecule has 7 unspecified atom stereocenters. The smallest absolute Gasteiger partial charge is 0.235 e. The summed E-state index contributed by atoms with van der Waals surface area (Å²) in [5, 5.41) is 33.2. The molecule has 0 heterocycles. The Morgan fingerprint density at radius 2 is 1.82 bits per heavy atom. The Balaban J connectivity index is 2.03. The summed E-state index contributed by atoms with van der Waals surface area (Å²) >= 11 is 6.58. The highest BCUT2D eigenvalue weighted by Crippen LogP contribution is 2.57. The number of Topliss-reactive ketones (excluding diaryl/α,β-unsaturated/α-hetero) is 4. The molecule has 11 heteroatoms. The fraction of sp³-hybridized carbons (Fsp3) is 0.409. The van der Waals surface area contributed by atoms with Crippen molar-refractivity contribution in [3.8, 4) is 5.75 Å². The second-order valence-corrected chi connectivity index (χ2v) is 9.46. The lowest BCUT2D eigenvalue weighted by Gasteiger charge is -2.57. The number of hydrogen-bond acceptors (Lipinski definition) is 9. The molecule has 0 radical (unpaired) electrons. The van der Waals surface area contributed by atoms with Crippen LogP contribution in [0, 0.1) is 17.8 Å². The first-order valence-corrected chi connectivity index (χ1v) is 10.4. The molecule has 1 aromatic rings. The molecule has 3 aliphatic rings. The molecule has 7 atom stereocenters. The molecule has 1 aromatic carbocycles. The first-order chi connectivity index (χ1) is 15.2. The Kier molecular flexibility index (Phi) is 4.96. The van der Waals surface area contributed by atoms with E-state index in [0.717, 1.165) is 0 Å². The number of nitrogens with two attached hydrogens (primary N) is 1. The SMILES string of the molecule is C=C1c2cccc(O)c2C(=O)C2(Cl)C(=O)C3(O)C(=O)C(C(N)=O)C(=O)C(N(C)C)C3C(O)C12. The molecule has 174 valence electrons. The Bertz CT molecular complexity index is 1180. The maximum atomic E-state index is 13.8. The predicted octanol–water partition coefficient (Wildman–Crippen LogP) is -1.33. The molecule has 0 aliphatic heterocycles. The van der Waals surface area contributed by atoms with Crippen LogP contribution in [0.2, 0.25) is 0 Å². The average Bonchev–Trinajstić information content (AvgIpc) is 2.72. The van der Waals surface area contributed by atoms with Crippen molar-refractivity contribution in [2.75, 3.05) is 14.1 Å². The zero-order valence-electron chi connectivity index (χ0n) is 17.6. The minimum absolute atomic E-state index is 0.00725. The van der Waals surface area contributed by atoms with Gasteiger partial charge in [-0.2, -0.15) is 0 Å². The average molecular weight is 477 g/mol. The number of halogens is 1. The van der Waals surface area contributed by atoms with Gasteiger partial charge < -0.3 is 21.1 Å². The van der Waals surface area contributed by atoms with Crippen LogP contribution in [-0.2, 0) is 19.2 Å². The van der Waals surface area contributed by atoms with E-state index in [9.17, 15) is 39.3 Å². The molecule has 0 saturated heterocycles. The van der Waals surface area contributed by atoms with Crippen molar-refractivity contribution >= 4 is 46.2 Å². The summed E-state index contributed by atoms with van der Waals surface area (Å²) in [5.74, 6) is -12.6. The van der Waals surface area contributed by atoms with Crippen LogP contribution in [0.25, 0.3) is 5.57 Å². The highest BCUT2D eigenvalue weighted by molar-refractivity contribution is 6.54. The molecule has 33 heavy (non-hydrogen) atoms. The number of ketones is 4. The van der Waals surface area contributed by atoms with Crippen molar-refractivity contribution in [3.05, 3.63) is 35.9 Å². The second-order valence-electron chi connectivity index (χ2n) is 8.87. The molecular formula is C22H21ClN2O8. The van der Waals surface area contributed by atoms with Gasteiger partial charge in [-0.25, -0.2) is 0 Å². The fourth-order valence-corrected chi connectivity index (χ4v) is 6.08. The maximum Gasteiger partial charge on any atom is 0.235 e. The number of carbonyl (C=O) groups excluding carboxylic acids is 5. The number of amides is 1. The van der Waals surface area contributed by atoms with E-state index in [1.165, 1.54) is 37.2 Å². The van der Waals surface area contributed by atoms with Crippen LogP contribution in [0.15, 0.2) is 24.8 Å². The number of benzene rings is 1. The molecule has 0 spiro atoms. The van der Waals surface area contributed by atoms with Crippen LogP contribution >= 0.6 is 11.6 Å². The zero-order valence-corrected chi connectivity index (χ0v) is 18.4. The van der Waals surface area contributed by atoms with Gasteiger partial charge in [-0.05, 0) is 31.3 Å². The first-order valence-electron chi connectivity index (χ1n) is 9.97. The standard InChI is InChI=1S/C22H21ClN2O8/c1-7-8-5-4-6-9(26)10(8)17(29)21(23)12(7)16(28)13-14(25(2)3)15(27)11(19(24)31)18(30)22(13,33)20(21)32/h4-6,11-14,16,26,28,33H,1H2,2-3H3,(H2,24,31). The van der Waals surface area contributed by atoms with Gasteiger partial charge in [0.2, 0.25) is 11.7 Å². The number of aliphatic hydroxyl groups excluding tert-OH is 1. The molecule has 5 N–H and O–H groups in total. The summed E-state index contributed by atoms with van der Waals surface area (Å²) in [6, 6.07) is 2.56. The summed E-state index contributed by atoms with van der Waals surface area (Å²) in [4.78, 5) is 64.0. The molecular weight excluding hydrogens is 456 g/mol. The molecule has 2 saturated carbocycles. The summed E-state index contributed by atoms with van der Waals surface area (Å²) < 4.78 is 0. The monoisotopic (exact) mass is 476 g/mol. The summed E-state index contributed by atoms with van der Waals surface area (Å²) in [6.45, 7) is 3.86. The molecule has 4 rings (SSSR count). The van der Waals surface area contributed by atoms with E-state index >= 15 is 0 Å². The number of likely N-dealkylation sites (N-methyl/N-ethyl adjacent to an activating group) is 1.